The van der Waals surface area contributed by atoms with Gasteiger partial charge in [0.2, 0.25) is 0 Å². The SMILES string of the molecule is CI(C)C1CC(CNC(=O)c2ccc3c(c2)N(Cc2ccc(Cl)cc2)C(=O)[C@@H](N)CS3)CCO1. The van der Waals surface area contributed by atoms with Crippen LogP contribution in [0.2, 0.25) is 5.02 Å². The number of ether oxygens (including phenoxy) is 1. The molecule has 6 nitrogen and oxygen atoms in total. The predicted molar refractivity (Wildman–Crippen MR) is 148 cm³/mol. The molecule has 0 spiro atoms. The van der Waals surface area contributed by atoms with Crippen molar-refractivity contribution in [1.82, 2.24) is 5.32 Å². The summed E-state index contributed by atoms with van der Waals surface area (Å²) < 4.78 is 6.32. The molecule has 0 radical (unpaired) electrons. The number of nitrogens with zero attached hydrogens (tertiary/aromatic N) is 1. The number of nitrogens with one attached hydrogen (secondary N) is 1. The fourth-order valence-electron chi connectivity index (χ4n) is 4.14. The first-order valence-electron chi connectivity index (χ1n) is 11.3. The van der Waals surface area contributed by atoms with Crippen LogP contribution in [-0.4, -0.2) is 50.7 Å². The monoisotopic (exact) mass is 615 g/mol. The Morgan fingerprint density at radius 3 is 2.76 bits per heavy atom. The van der Waals surface area contributed by atoms with Crippen molar-refractivity contribution in [2.24, 2.45) is 11.7 Å². The summed E-state index contributed by atoms with van der Waals surface area (Å²) >= 11 is 6.54. The first kappa shape index (κ1) is 25.8. The van der Waals surface area contributed by atoms with E-state index in [9.17, 15) is 9.59 Å². The number of thioether (sulfide) groups is 1. The number of alkyl halides is 3. The third-order valence-corrected chi connectivity index (χ3v) is 11.2. The Hall–Kier alpha value is -1.33. The minimum absolute atomic E-state index is 0.119. The Balaban J connectivity index is 1.51. The molecule has 184 valence electrons. The molecule has 3 atom stereocenters. The Morgan fingerprint density at radius 1 is 1.26 bits per heavy atom. The van der Waals surface area contributed by atoms with Gasteiger partial charge in [-0.2, -0.15) is 0 Å². The first-order chi connectivity index (χ1) is 16.3. The molecule has 0 aromatic heterocycles. The second kappa shape index (κ2) is 11.6. The fraction of sp³-hybridized carbons (Fsp3) is 0.440. The molecule has 1 saturated heterocycles. The van der Waals surface area contributed by atoms with Gasteiger partial charge in [0.25, 0.3) is 0 Å². The zero-order valence-electron chi connectivity index (χ0n) is 19.4. The topological polar surface area (TPSA) is 84.7 Å². The Bertz CT molecular complexity index is 1040. The number of fused-ring (bicyclic) bond motifs is 1. The van der Waals surface area contributed by atoms with Gasteiger partial charge in [-0.05, 0) is 12.1 Å². The van der Waals surface area contributed by atoms with Crippen LogP contribution in [0.4, 0.5) is 5.69 Å². The van der Waals surface area contributed by atoms with Gasteiger partial charge in [0.05, 0.1) is 0 Å². The van der Waals surface area contributed by atoms with E-state index in [2.05, 4.69) is 15.2 Å². The number of nitrogens with two attached hydrogens (primary N) is 1. The van der Waals surface area contributed by atoms with Gasteiger partial charge in [0.1, 0.15) is 0 Å². The number of halogens is 2. The molecule has 2 aliphatic heterocycles. The van der Waals surface area contributed by atoms with Gasteiger partial charge in [0.15, 0.2) is 0 Å². The summed E-state index contributed by atoms with van der Waals surface area (Å²) in [5, 5.41) is 3.76. The molecule has 2 heterocycles. The van der Waals surface area contributed by atoms with Crippen molar-refractivity contribution < 1.29 is 14.3 Å². The fourth-order valence-corrected chi connectivity index (χ4v) is 7.95. The molecule has 2 unspecified atom stereocenters. The van der Waals surface area contributed by atoms with Crippen LogP contribution >= 0.6 is 43.2 Å². The summed E-state index contributed by atoms with van der Waals surface area (Å²) in [6, 6.07) is 12.4. The number of hydrogen-bond donors (Lipinski definition) is 2. The van der Waals surface area contributed by atoms with Crippen LogP contribution in [0, 0.1) is 5.92 Å². The number of rotatable bonds is 6. The summed E-state index contributed by atoms with van der Waals surface area (Å²) in [7, 11) is 0. The van der Waals surface area contributed by atoms with Crippen molar-refractivity contribution in [3.63, 3.8) is 0 Å². The van der Waals surface area contributed by atoms with Crippen molar-refractivity contribution in [3.05, 3.63) is 58.6 Å². The number of anilines is 1. The Labute approximate surface area is 217 Å². The van der Waals surface area contributed by atoms with Gasteiger partial charge in [-0.3, -0.25) is 0 Å². The van der Waals surface area contributed by atoms with Crippen molar-refractivity contribution in [1.29, 1.82) is 0 Å². The van der Waals surface area contributed by atoms with E-state index in [1.807, 2.05) is 42.5 Å². The zero-order valence-corrected chi connectivity index (χ0v) is 23.2. The maximum atomic E-state index is 13.1. The molecule has 9 heteroatoms. The number of hydrogen-bond acceptors (Lipinski definition) is 5. The van der Waals surface area contributed by atoms with Gasteiger partial charge in [-0.25, -0.2) is 0 Å². The van der Waals surface area contributed by atoms with Crippen molar-refractivity contribution in [3.8, 4) is 0 Å². The summed E-state index contributed by atoms with van der Waals surface area (Å²) in [6.45, 7) is 1.79. The molecule has 0 aliphatic carbocycles. The van der Waals surface area contributed by atoms with Crippen LogP contribution in [0.5, 0.6) is 0 Å². The molecule has 0 bridgehead atoms. The number of carbonyl (C=O) groups is 2. The normalized spacial score (nSPS) is 23.2. The molecule has 2 aromatic rings. The van der Waals surface area contributed by atoms with E-state index < -0.39 is 25.9 Å². The summed E-state index contributed by atoms with van der Waals surface area (Å²) in [5.41, 5.74) is 8.39. The first-order valence-corrected chi connectivity index (χ1v) is 18.2. The standard InChI is InChI=1S/C25H31ClIN3O3S/c1-27(2)23-11-17(9-10-33-23)13-29-24(31)18-5-8-22-21(12-18)30(25(32)20(28)15-34-22)14-16-3-6-19(26)7-4-16/h3-8,12,17,20,23H,9-11,13-15,28H2,1-2H3,(H,29,31)/t17?,20-,23?/m0/s1. The van der Waals surface area contributed by atoms with E-state index in [1.165, 1.54) is 0 Å². The Kier molecular flexibility index (Phi) is 8.79. The van der Waals surface area contributed by atoms with E-state index in [4.69, 9.17) is 22.1 Å². The third-order valence-electron chi connectivity index (χ3n) is 6.15. The Morgan fingerprint density at radius 2 is 2.03 bits per heavy atom. The molecular weight excluding hydrogens is 585 g/mol. The number of benzene rings is 2. The van der Waals surface area contributed by atoms with Crippen LogP contribution in [0.15, 0.2) is 47.4 Å². The van der Waals surface area contributed by atoms with Crippen LogP contribution in [0.1, 0.15) is 28.8 Å². The van der Waals surface area contributed by atoms with E-state index in [0.717, 1.165) is 35.6 Å². The average molecular weight is 616 g/mol. The minimum atomic E-state index is -1.03. The average Bonchev–Trinajstić information content (AvgIpc) is 2.95. The summed E-state index contributed by atoms with van der Waals surface area (Å²) in [6.07, 6.45) is 2.00. The van der Waals surface area contributed by atoms with Gasteiger partial charge in [-0.15, -0.1) is 0 Å². The molecule has 2 amide bonds. The van der Waals surface area contributed by atoms with Crippen LogP contribution < -0.4 is 16.0 Å². The molecule has 2 aliphatic rings. The molecule has 3 N–H and O–H groups in total. The van der Waals surface area contributed by atoms with Crippen LogP contribution in [-0.2, 0) is 16.1 Å². The quantitative estimate of drug-likeness (QED) is 0.368. The second-order valence-electron chi connectivity index (χ2n) is 8.85. The van der Waals surface area contributed by atoms with Crippen molar-refractivity contribution >= 4 is 60.7 Å². The second-order valence-corrected chi connectivity index (χ2v) is 16.4. The van der Waals surface area contributed by atoms with Gasteiger partial charge < -0.3 is 5.73 Å². The summed E-state index contributed by atoms with van der Waals surface area (Å²) in [5.74, 6) is 0.677. The molecular formula is C25H31ClIN3O3S. The van der Waals surface area contributed by atoms with Crippen molar-refractivity contribution in [2.45, 2.75) is 34.4 Å². The molecule has 34 heavy (non-hydrogen) atoms. The van der Waals surface area contributed by atoms with E-state index in [0.29, 0.717) is 39.5 Å². The van der Waals surface area contributed by atoms with E-state index >= 15 is 0 Å². The number of carbonyl (C=O) groups excluding carboxylic acids is 2. The zero-order chi connectivity index (χ0) is 24.2. The maximum absolute atomic E-state index is 13.1. The van der Waals surface area contributed by atoms with Crippen LogP contribution in [0.3, 0.4) is 0 Å². The molecule has 2 aromatic carbocycles. The van der Waals surface area contributed by atoms with E-state index in [-0.39, 0.29) is 11.8 Å². The molecule has 4 rings (SSSR count). The van der Waals surface area contributed by atoms with Crippen LogP contribution in [0.25, 0.3) is 0 Å². The van der Waals surface area contributed by atoms with E-state index in [1.54, 1.807) is 16.7 Å². The van der Waals surface area contributed by atoms with Gasteiger partial charge >= 0.3 is 172 Å². The number of amides is 2. The van der Waals surface area contributed by atoms with Gasteiger partial charge in [0, 0.05) is 5.02 Å². The predicted octanol–water partition coefficient (Wildman–Crippen LogP) is 4.55. The van der Waals surface area contributed by atoms with Crippen molar-refractivity contribution in [2.75, 3.05) is 33.7 Å². The molecule has 1 fully saturated rings. The third kappa shape index (κ3) is 6.26. The molecule has 0 saturated carbocycles. The van der Waals surface area contributed by atoms with Gasteiger partial charge in [-0.1, -0.05) is 23.7 Å². The summed E-state index contributed by atoms with van der Waals surface area (Å²) in [4.78, 5) is 33.5.